The van der Waals surface area contributed by atoms with Crippen molar-refractivity contribution in [1.29, 1.82) is 0 Å². The van der Waals surface area contributed by atoms with Crippen molar-refractivity contribution in [3.8, 4) is 0 Å². The Kier molecular flexibility index (Phi) is 9.87. The van der Waals surface area contributed by atoms with Gasteiger partial charge in [-0.25, -0.2) is 0 Å². The summed E-state index contributed by atoms with van der Waals surface area (Å²) in [4.78, 5) is 0. The highest BCUT2D eigenvalue weighted by Gasteiger charge is 2.00. The molecular formula is C10H22O3. The van der Waals surface area contributed by atoms with Crippen LogP contribution in [0.3, 0.4) is 0 Å². The highest BCUT2D eigenvalue weighted by molar-refractivity contribution is 4.41. The van der Waals surface area contributed by atoms with Gasteiger partial charge in [-0.2, -0.15) is 0 Å². The molecule has 0 fully saturated rings. The molecule has 0 aliphatic heterocycles. The van der Waals surface area contributed by atoms with Crippen molar-refractivity contribution in [1.82, 2.24) is 0 Å². The second kappa shape index (κ2) is 9.96. The number of aliphatic hydroxyl groups is 1. The summed E-state index contributed by atoms with van der Waals surface area (Å²) < 4.78 is 10.4. The summed E-state index contributed by atoms with van der Waals surface area (Å²) in [5.41, 5.74) is 0. The van der Waals surface area contributed by atoms with Crippen molar-refractivity contribution in [3.05, 3.63) is 0 Å². The van der Waals surface area contributed by atoms with Crippen molar-refractivity contribution < 1.29 is 14.6 Å². The molecule has 0 rings (SSSR count). The van der Waals surface area contributed by atoms with Crippen LogP contribution in [0.4, 0.5) is 0 Å². The third-order valence-corrected chi connectivity index (χ3v) is 1.63. The van der Waals surface area contributed by atoms with E-state index >= 15 is 0 Å². The van der Waals surface area contributed by atoms with E-state index in [1.807, 2.05) is 6.92 Å². The van der Waals surface area contributed by atoms with Crippen LogP contribution in [-0.4, -0.2) is 31.2 Å². The summed E-state index contributed by atoms with van der Waals surface area (Å²) in [6, 6.07) is 0. The molecule has 80 valence electrons. The third kappa shape index (κ3) is 9.80. The average molecular weight is 190 g/mol. The molecule has 0 aromatic rings. The molecule has 0 radical (unpaired) electrons. The van der Waals surface area contributed by atoms with Gasteiger partial charge < -0.3 is 14.6 Å². The van der Waals surface area contributed by atoms with E-state index in [0.717, 1.165) is 38.9 Å². The van der Waals surface area contributed by atoms with Gasteiger partial charge in [-0.1, -0.05) is 20.3 Å². The van der Waals surface area contributed by atoms with Crippen LogP contribution in [0.2, 0.25) is 0 Å². The fraction of sp³-hybridized carbons (Fsp3) is 1.00. The van der Waals surface area contributed by atoms with Crippen LogP contribution in [0, 0.1) is 0 Å². The molecular weight excluding hydrogens is 168 g/mol. The lowest BCUT2D eigenvalue weighted by Gasteiger charge is -2.10. The van der Waals surface area contributed by atoms with E-state index in [2.05, 4.69) is 6.92 Å². The van der Waals surface area contributed by atoms with Gasteiger partial charge in [0.25, 0.3) is 0 Å². The van der Waals surface area contributed by atoms with Gasteiger partial charge >= 0.3 is 0 Å². The first-order valence-electron chi connectivity index (χ1n) is 5.18. The molecule has 1 N–H and O–H groups in total. The molecule has 0 saturated carbocycles. The maximum atomic E-state index is 9.19. The molecule has 0 aliphatic carbocycles. The number of hydrogen-bond donors (Lipinski definition) is 1. The molecule has 0 spiro atoms. The van der Waals surface area contributed by atoms with Crippen LogP contribution in [0.1, 0.15) is 39.5 Å². The molecule has 0 saturated heterocycles. The van der Waals surface area contributed by atoms with Crippen LogP contribution in [0.15, 0.2) is 0 Å². The Labute approximate surface area is 81.0 Å². The van der Waals surface area contributed by atoms with Gasteiger partial charge in [0.15, 0.2) is 6.29 Å². The first kappa shape index (κ1) is 12.9. The fourth-order valence-corrected chi connectivity index (χ4v) is 0.957. The Morgan fingerprint density at radius 3 is 2.46 bits per heavy atom. The molecule has 0 heterocycles. The zero-order chi connectivity index (χ0) is 9.94. The normalized spacial score (nSPS) is 13.2. The summed E-state index contributed by atoms with van der Waals surface area (Å²) in [6.45, 7) is 6.24. The van der Waals surface area contributed by atoms with Gasteiger partial charge in [-0.3, -0.25) is 0 Å². The van der Waals surface area contributed by atoms with Gasteiger partial charge in [0.1, 0.15) is 0 Å². The molecule has 0 bridgehead atoms. The van der Waals surface area contributed by atoms with E-state index in [9.17, 15) is 5.11 Å². The average Bonchev–Trinajstić information content (AvgIpc) is 2.11. The molecule has 0 aliphatic rings. The Bertz CT molecular complexity index is 96.2. The van der Waals surface area contributed by atoms with E-state index in [4.69, 9.17) is 9.47 Å². The first-order valence-corrected chi connectivity index (χ1v) is 5.18. The molecule has 1 unspecified atom stereocenters. The van der Waals surface area contributed by atoms with Gasteiger partial charge in [0.2, 0.25) is 0 Å². The van der Waals surface area contributed by atoms with Gasteiger partial charge in [0.05, 0.1) is 6.61 Å². The largest absolute Gasteiger partial charge is 0.381 e. The predicted molar refractivity (Wildman–Crippen MR) is 52.6 cm³/mol. The quantitative estimate of drug-likeness (QED) is 0.446. The highest BCUT2D eigenvalue weighted by atomic mass is 16.6. The molecule has 0 aromatic heterocycles. The van der Waals surface area contributed by atoms with Crippen molar-refractivity contribution in [2.45, 2.75) is 45.8 Å². The maximum absolute atomic E-state index is 9.19. The molecule has 0 amide bonds. The summed E-state index contributed by atoms with van der Waals surface area (Å²) in [5.74, 6) is 0. The summed E-state index contributed by atoms with van der Waals surface area (Å²) in [5, 5.41) is 9.19. The van der Waals surface area contributed by atoms with E-state index in [-0.39, 0.29) is 0 Å². The minimum absolute atomic E-state index is 0.587. The first-order chi connectivity index (χ1) is 6.31. The number of hydrogen-bond acceptors (Lipinski definition) is 3. The molecule has 1 atom stereocenters. The van der Waals surface area contributed by atoms with E-state index in [1.165, 1.54) is 0 Å². The highest BCUT2D eigenvalue weighted by Crippen LogP contribution is 1.98. The van der Waals surface area contributed by atoms with Crippen LogP contribution in [-0.2, 0) is 9.47 Å². The zero-order valence-corrected chi connectivity index (χ0v) is 8.79. The topological polar surface area (TPSA) is 38.7 Å². The van der Waals surface area contributed by atoms with Gasteiger partial charge in [0, 0.05) is 13.2 Å². The van der Waals surface area contributed by atoms with E-state index in [0.29, 0.717) is 6.61 Å². The number of rotatable bonds is 9. The minimum atomic E-state index is -0.587. The smallest absolute Gasteiger partial charge is 0.154 e. The van der Waals surface area contributed by atoms with E-state index < -0.39 is 6.29 Å². The van der Waals surface area contributed by atoms with Gasteiger partial charge in [-0.15, -0.1) is 0 Å². The Morgan fingerprint density at radius 2 is 1.85 bits per heavy atom. The molecule has 0 aromatic carbocycles. The summed E-state index contributed by atoms with van der Waals surface area (Å²) in [6.07, 6.45) is 3.00. The van der Waals surface area contributed by atoms with Crippen LogP contribution in [0.25, 0.3) is 0 Å². The number of ether oxygens (including phenoxy) is 2. The minimum Gasteiger partial charge on any atom is -0.381 e. The van der Waals surface area contributed by atoms with Crippen molar-refractivity contribution in [3.63, 3.8) is 0 Å². The van der Waals surface area contributed by atoms with Crippen LogP contribution in [0.5, 0.6) is 0 Å². The van der Waals surface area contributed by atoms with Crippen LogP contribution >= 0.6 is 0 Å². The Morgan fingerprint density at radius 1 is 1.08 bits per heavy atom. The van der Waals surface area contributed by atoms with Crippen molar-refractivity contribution >= 4 is 0 Å². The SMILES string of the molecule is CCCOCCCOC(O)CCC. The maximum Gasteiger partial charge on any atom is 0.154 e. The second-order valence-corrected chi connectivity index (χ2v) is 3.08. The Balaban J connectivity index is 2.97. The standard InChI is InChI=1S/C10H22O3/c1-3-6-10(11)13-9-5-8-12-7-4-2/h10-11H,3-9H2,1-2H3. The second-order valence-electron chi connectivity index (χ2n) is 3.08. The van der Waals surface area contributed by atoms with Crippen molar-refractivity contribution in [2.75, 3.05) is 19.8 Å². The monoisotopic (exact) mass is 190 g/mol. The van der Waals surface area contributed by atoms with Gasteiger partial charge in [-0.05, 0) is 19.3 Å². The Hall–Kier alpha value is -0.120. The number of aliphatic hydroxyl groups excluding tert-OH is 1. The van der Waals surface area contributed by atoms with E-state index in [1.54, 1.807) is 0 Å². The van der Waals surface area contributed by atoms with Crippen LogP contribution < -0.4 is 0 Å². The molecule has 13 heavy (non-hydrogen) atoms. The van der Waals surface area contributed by atoms with Crippen molar-refractivity contribution in [2.24, 2.45) is 0 Å². The summed E-state index contributed by atoms with van der Waals surface area (Å²) >= 11 is 0. The zero-order valence-electron chi connectivity index (χ0n) is 8.79. The lowest BCUT2D eigenvalue weighted by atomic mass is 10.3. The third-order valence-electron chi connectivity index (χ3n) is 1.63. The fourth-order valence-electron chi connectivity index (χ4n) is 0.957. The lowest BCUT2D eigenvalue weighted by Crippen LogP contribution is -2.13. The molecule has 3 nitrogen and oxygen atoms in total. The predicted octanol–water partition coefficient (Wildman–Crippen LogP) is 1.94. The summed E-state index contributed by atoms with van der Waals surface area (Å²) in [7, 11) is 0. The molecule has 3 heteroatoms. The lowest BCUT2D eigenvalue weighted by molar-refractivity contribution is -0.106.